The smallest absolute Gasteiger partial charge is 0.0545 e. The summed E-state index contributed by atoms with van der Waals surface area (Å²) in [6, 6.07) is 0. The number of fused-ring (bicyclic) bond motifs is 1. The van der Waals surface area contributed by atoms with Crippen molar-refractivity contribution in [3.8, 4) is 0 Å². The minimum absolute atomic E-state index is 0.863. The highest BCUT2D eigenvalue weighted by Gasteiger charge is 2.26. The van der Waals surface area contributed by atoms with Crippen molar-refractivity contribution in [3.05, 3.63) is 11.0 Å². The summed E-state index contributed by atoms with van der Waals surface area (Å²) in [6.07, 6.45) is 3.78. The molecule has 0 N–H and O–H groups in total. The summed E-state index contributed by atoms with van der Waals surface area (Å²) in [5, 5.41) is 0.863. The van der Waals surface area contributed by atoms with Gasteiger partial charge in [0.15, 0.2) is 0 Å². The second kappa shape index (κ2) is 1.99. The predicted molar refractivity (Wildman–Crippen MR) is 41.4 cm³/mol. The first-order valence-electron chi connectivity index (χ1n) is 2.93. The van der Waals surface area contributed by atoms with E-state index >= 15 is 0 Å². The zero-order valence-electron chi connectivity index (χ0n) is 4.59. The van der Waals surface area contributed by atoms with Crippen LogP contribution in [0.5, 0.6) is 0 Å². The molecule has 44 valence electrons. The third kappa shape index (κ3) is 0.914. The first kappa shape index (κ1) is 5.24. The SMILES string of the molecule is C1=C2SCCCSC12. The maximum Gasteiger partial charge on any atom is 0.0545 e. The standard InChI is InChI=1S/C6H8S2/c1-2-7-5-4-6(5)8-3-1/h4-5H,1-3H2. The number of hydrogen-bond acceptors (Lipinski definition) is 2. The fourth-order valence-corrected chi connectivity index (χ4v) is 3.39. The molecule has 0 nitrogen and oxygen atoms in total. The van der Waals surface area contributed by atoms with Gasteiger partial charge in [0.2, 0.25) is 0 Å². The van der Waals surface area contributed by atoms with Crippen LogP contribution in [-0.2, 0) is 0 Å². The van der Waals surface area contributed by atoms with E-state index in [1.807, 2.05) is 0 Å². The van der Waals surface area contributed by atoms with Crippen LogP contribution in [0.2, 0.25) is 0 Å². The number of hydrogen-bond donors (Lipinski definition) is 0. The van der Waals surface area contributed by atoms with E-state index in [0.717, 1.165) is 5.25 Å². The molecule has 1 saturated heterocycles. The molecular formula is C6H8S2. The van der Waals surface area contributed by atoms with Crippen molar-refractivity contribution in [1.29, 1.82) is 0 Å². The summed E-state index contributed by atoms with van der Waals surface area (Å²) >= 11 is 4.15. The van der Waals surface area contributed by atoms with Gasteiger partial charge in [0.1, 0.15) is 0 Å². The molecule has 2 heteroatoms. The third-order valence-corrected chi connectivity index (χ3v) is 3.98. The second-order valence-electron chi connectivity index (χ2n) is 2.06. The Labute approximate surface area is 58.1 Å². The molecule has 0 bridgehead atoms. The normalized spacial score (nSPS) is 35.0. The lowest BCUT2D eigenvalue weighted by Gasteiger charge is -1.89. The van der Waals surface area contributed by atoms with Gasteiger partial charge in [-0.15, -0.1) is 23.5 Å². The molecule has 0 aromatic heterocycles. The number of thioether (sulfide) groups is 2. The Morgan fingerprint density at radius 1 is 1.50 bits per heavy atom. The van der Waals surface area contributed by atoms with Crippen LogP contribution in [0.25, 0.3) is 0 Å². The molecule has 0 aromatic rings. The van der Waals surface area contributed by atoms with E-state index in [2.05, 4.69) is 29.6 Å². The molecule has 1 heterocycles. The highest BCUT2D eigenvalue weighted by atomic mass is 32.2. The van der Waals surface area contributed by atoms with Crippen molar-refractivity contribution < 1.29 is 0 Å². The lowest BCUT2D eigenvalue weighted by atomic mass is 10.6. The van der Waals surface area contributed by atoms with E-state index in [-0.39, 0.29) is 0 Å². The van der Waals surface area contributed by atoms with Crippen LogP contribution in [0.3, 0.4) is 0 Å². The summed E-state index contributed by atoms with van der Waals surface area (Å²) in [4.78, 5) is 1.65. The van der Waals surface area contributed by atoms with Crippen molar-refractivity contribution in [2.24, 2.45) is 0 Å². The lowest BCUT2D eigenvalue weighted by molar-refractivity contribution is 1.13. The molecule has 1 atom stereocenters. The third-order valence-electron chi connectivity index (χ3n) is 1.34. The van der Waals surface area contributed by atoms with Crippen LogP contribution >= 0.6 is 23.5 Å². The fourth-order valence-electron chi connectivity index (χ4n) is 0.821. The van der Waals surface area contributed by atoms with E-state index in [1.165, 1.54) is 17.9 Å². The maximum absolute atomic E-state index is 2.37. The minimum atomic E-state index is 0.863. The van der Waals surface area contributed by atoms with Crippen LogP contribution in [0, 0.1) is 0 Å². The Hall–Kier alpha value is 0.440. The van der Waals surface area contributed by atoms with Gasteiger partial charge < -0.3 is 0 Å². The average molecular weight is 144 g/mol. The second-order valence-corrected chi connectivity index (χ2v) is 4.48. The van der Waals surface area contributed by atoms with Gasteiger partial charge >= 0.3 is 0 Å². The van der Waals surface area contributed by atoms with E-state index in [4.69, 9.17) is 0 Å². The van der Waals surface area contributed by atoms with Gasteiger partial charge in [0.05, 0.1) is 5.25 Å². The molecule has 2 aliphatic rings. The van der Waals surface area contributed by atoms with E-state index in [9.17, 15) is 0 Å². The van der Waals surface area contributed by atoms with Crippen LogP contribution in [-0.4, -0.2) is 16.8 Å². The molecule has 0 spiro atoms. The van der Waals surface area contributed by atoms with Crippen molar-refractivity contribution in [2.45, 2.75) is 11.7 Å². The Balaban J connectivity index is 1.96. The van der Waals surface area contributed by atoms with Crippen LogP contribution in [0.15, 0.2) is 11.0 Å². The van der Waals surface area contributed by atoms with E-state index < -0.39 is 0 Å². The predicted octanol–water partition coefficient (Wildman–Crippen LogP) is 2.12. The van der Waals surface area contributed by atoms with Crippen LogP contribution in [0.4, 0.5) is 0 Å². The fraction of sp³-hybridized carbons (Fsp3) is 0.667. The zero-order chi connectivity index (χ0) is 5.40. The molecule has 8 heavy (non-hydrogen) atoms. The molecule has 0 radical (unpaired) electrons. The zero-order valence-corrected chi connectivity index (χ0v) is 6.23. The summed E-state index contributed by atoms with van der Waals surface area (Å²) < 4.78 is 0. The summed E-state index contributed by atoms with van der Waals surface area (Å²) in [5.74, 6) is 2.73. The van der Waals surface area contributed by atoms with Crippen molar-refractivity contribution in [2.75, 3.05) is 11.5 Å². The molecule has 1 aliphatic heterocycles. The van der Waals surface area contributed by atoms with Crippen molar-refractivity contribution >= 4 is 23.5 Å². The largest absolute Gasteiger partial charge is 0.149 e. The number of rotatable bonds is 0. The summed E-state index contributed by atoms with van der Waals surface area (Å²) in [6.45, 7) is 0. The Bertz CT molecular complexity index is 128. The topological polar surface area (TPSA) is 0 Å². The van der Waals surface area contributed by atoms with E-state index in [1.54, 1.807) is 4.91 Å². The molecule has 0 aromatic carbocycles. The van der Waals surface area contributed by atoms with Gasteiger partial charge in [-0.05, 0) is 22.8 Å². The highest BCUT2D eigenvalue weighted by Crippen LogP contribution is 2.44. The molecule has 2 rings (SSSR count). The van der Waals surface area contributed by atoms with Gasteiger partial charge in [-0.1, -0.05) is 6.08 Å². The molecule has 1 fully saturated rings. The first-order chi connectivity index (χ1) is 3.97. The van der Waals surface area contributed by atoms with Gasteiger partial charge in [-0.25, -0.2) is 0 Å². The minimum Gasteiger partial charge on any atom is -0.149 e. The Morgan fingerprint density at radius 2 is 2.50 bits per heavy atom. The average Bonchev–Trinajstić information content (AvgIpc) is 2.36. The molecular weight excluding hydrogens is 136 g/mol. The van der Waals surface area contributed by atoms with Gasteiger partial charge in [-0.2, -0.15) is 0 Å². The first-order valence-corrected chi connectivity index (χ1v) is 4.96. The quantitative estimate of drug-likeness (QED) is 0.511. The van der Waals surface area contributed by atoms with Gasteiger partial charge in [-0.3, -0.25) is 0 Å². The lowest BCUT2D eigenvalue weighted by Crippen LogP contribution is -1.79. The van der Waals surface area contributed by atoms with Crippen LogP contribution in [0.1, 0.15) is 6.42 Å². The summed E-state index contributed by atoms with van der Waals surface area (Å²) in [5.41, 5.74) is 0. The molecule has 0 saturated carbocycles. The van der Waals surface area contributed by atoms with Crippen molar-refractivity contribution in [3.63, 3.8) is 0 Å². The maximum atomic E-state index is 2.37. The highest BCUT2D eigenvalue weighted by molar-refractivity contribution is 8.07. The summed E-state index contributed by atoms with van der Waals surface area (Å²) in [7, 11) is 0. The van der Waals surface area contributed by atoms with Crippen molar-refractivity contribution in [1.82, 2.24) is 0 Å². The Kier molecular flexibility index (Phi) is 1.31. The van der Waals surface area contributed by atoms with E-state index in [0.29, 0.717) is 0 Å². The molecule has 1 aliphatic carbocycles. The van der Waals surface area contributed by atoms with Crippen LogP contribution < -0.4 is 0 Å². The van der Waals surface area contributed by atoms with Gasteiger partial charge in [0, 0.05) is 0 Å². The monoisotopic (exact) mass is 144 g/mol. The molecule has 1 unspecified atom stereocenters. The molecule has 0 amide bonds. The Morgan fingerprint density at radius 3 is 3.50 bits per heavy atom. The van der Waals surface area contributed by atoms with Gasteiger partial charge in [0.25, 0.3) is 0 Å².